The third-order valence-electron chi connectivity index (χ3n) is 2.36. The molecule has 112 valence electrons. The van der Waals surface area contributed by atoms with Crippen molar-refractivity contribution in [1.29, 1.82) is 0 Å². The highest BCUT2D eigenvalue weighted by Gasteiger charge is 2.25. The van der Waals surface area contributed by atoms with Crippen molar-refractivity contribution in [1.82, 2.24) is 4.89 Å². The topological polar surface area (TPSA) is 98.5 Å². The Morgan fingerprint density at radius 2 is 2.00 bits per heavy atom. The fourth-order valence-electron chi connectivity index (χ4n) is 1.40. The maximum atomic E-state index is 11.9. The minimum atomic E-state index is -4.01. The number of hydrogen-bond donors (Lipinski definition) is 1. The highest BCUT2D eigenvalue weighted by molar-refractivity contribution is 7.91. The normalized spacial score (nSPS) is 11.5. The second kappa shape index (κ2) is 6.50. The van der Waals surface area contributed by atoms with Gasteiger partial charge in [0, 0.05) is 6.07 Å². The van der Waals surface area contributed by atoms with E-state index in [0.717, 1.165) is 11.6 Å². The Labute approximate surface area is 129 Å². The Hall–Kier alpha value is -1.52. The Balaban J connectivity index is 2.05. The summed E-state index contributed by atoms with van der Waals surface area (Å²) in [6.45, 7) is 0.0290. The zero-order valence-electron chi connectivity index (χ0n) is 10.4. The van der Waals surface area contributed by atoms with E-state index < -0.39 is 20.6 Å². The van der Waals surface area contributed by atoms with Crippen molar-refractivity contribution in [2.24, 2.45) is 0 Å². The molecule has 0 unspecified atom stereocenters. The fourth-order valence-corrected chi connectivity index (χ4v) is 3.85. The zero-order chi connectivity index (χ0) is 15.5. The van der Waals surface area contributed by atoms with Gasteiger partial charge in [-0.05, 0) is 5.56 Å². The van der Waals surface area contributed by atoms with Crippen molar-refractivity contribution in [2.75, 3.05) is 0 Å². The van der Waals surface area contributed by atoms with E-state index in [0.29, 0.717) is 11.3 Å². The maximum Gasteiger partial charge on any atom is 0.300 e. The first kappa shape index (κ1) is 15.9. The molecule has 21 heavy (non-hydrogen) atoms. The lowest BCUT2D eigenvalue weighted by atomic mass is 10.2. The average Bonchev–Trinajstić information content (AvgIpc) is 2.83. The summed E-state index contributed by atoms with van der Waals surface area (Å²) in [5, 5.41) is 10.6. The summed E-state index contributed by atoms with van der Waals surface area (Å²) < 4.78 is 23.3. The molecule has 10 heteroatoms. The molecule has 0 aliphatic carbocycles. The van der Waals surface area contributed by atoms with Gasteiger partial charge in [-0.2, -0.15) is 0 Å². The van der Waals surface area contributed by atoms with E-state index in [1.807, 2.05) is 11.0 Å². The summed E-state index contributed by atoms with van der Waals surface area (Å²) >= 11 is 6.21. The van der Waals surface area contributed by atoms with Crippen molar-refractivity contribution in [2.45, 2.75) is 10.8 Å². The van der Waals surface area contributed by atoms with Crippen molar-refractivity contribution in [3.05, 3.63) is 56.4 Å². The van der Waals surface area contributed by atoms with Crippen molar-refractivity contribution >= 4 is 38.6 Å². The number of sulfonamides is 1. The Morgan fingerprint density at radius 1 is 1.33 bits per heavy atom. The van der Waals surface area contributed by atoms with Gasteiger partial charge in [0.2, 0.25) is 0 Å². The molecule has 0 saturated carbocycles. The molecule has 1 aromatic carbocycles. The standard InChI is InChI=1S/C11H9ClN2O5S2/c12-11-9(14(15)16)6-10(20-11)21(17,18)13-19-7-8-4-2-1-3-5-8/h1-6,13H,7H2. The molecule has 0 amide bonds. The van der Waals surface area contributed by atoms with Crippen LogP contribution in [0.25, 0.3) is 0 Å². The van der Waals surface area contributed by atoms with Gasteiger partial charge in [-0.1, -0.05) is 46.8 Å². The van der Waals surface area contributed by atoms with E-state index >= 15 is 0 Å². The molecule has 0 saturated heterocycles. The molecular formula is C11H9ClN2O5S2. The minimum Gasteiger partial charge on any atom is -0.282 e. The molecule has 1 heterocycles. The second-order valence-corrected chi connectivity index (χ2v) is 7.37. The smallest absolute Gasteiger partial charge is 0.282 e. The van der Waals surface area contributed by atoms with E-state index in [2.05, 4.69) is 0 Å². The molecular weight excluding hydrogens is 340 g/mol. The SMILES string of the molecule is O=[N+]([O-])c1cc(S(=O)(=O)NOCc2ccccc2)sc1Cl. The average molecular weight is 349 g/mol. The van der Waals surface area contributed by atoms with Gasteiger partial charge in [-0.3, -0.25) is 15.0 Å². The summed E-state index contributed by atoms with van der Waals surface area (Å²) in [7, 11) is -4.01. The number of hydrogen-bond acceptors (Lipinski definition) is 6. The highest BCUT2D eigenvalue weighted by atomic mass is 35.5. The van der Waals surface area contributed by atoms with Crippen LogP contribution in [0.5, 0.6) is 0 Å². The molecule has 0 aliphatic heterocycles. The van der Waals surface area contributed by atoms with Crippen molar-refractivity contribution < 1.29 is 18.2 Å². The number of nitrogens with one attached hydrogen (secondary N) is 1. The van der Waals surface area contributed by atoms with Crippen LogP contribution in [-0.2, 0) is 21.5 Å². The molecule has 0 radical (unpaired) electrons. The summed E-state index contributed by atoms with van der Waals surface area (Å²) in [4.78, 5) is 16.7. The highest BCUT2D eigenvalue weighted by Crippen LogP contribution is 2.36. The summed E-state index contributed by atoms with van der Waals surface area (Å²) in [5.41, 5.74) is 0.320. The molecule has 0 fully saturated rings. The lowest BCUT2D eigenvalue weighted by molar-refractivity contribution is -0.384. The molecule has 0 aliphatic rings. The van der Waals surface area contributed by atoms with Gasteiger partial charge in [0.15, 0.2) is 4.34 Å². The van der Waals surface area contributed by atoms with E-state index in [-0.39, 0.29) is 15.2 Å². The first-order valence-corrected chi connectivity index (χ1v) is 8.19. The van der Waals surface area contributed by atoms with Crippen LogP contribution in [0.2, 0.25) is 4.34 Å². The number of thiophene rings is 1. The van der Waals surface area contributed by atoms with Gasteiger partial charge in [0.05, 0.1) is 11.5 Å². The third-order valence-corrected chi connectivity index (χ3v) is 5.38. The summed E-state index contributed by atoms with van der Waals surface area (Å²) in [6, 6.07) is 9.81. The van der Waals surface area contributed by atoms with Crippen LogP contribution in [0.4, 0.5) is 5.69 Å². The van der Waals surface area contributed by atoms with Gasteiger partial charge in [-0.15, -0.1) is 11.3 Å². The van der Waals surface area contributed by atoms with Gasteiger partial charge in [0.1, 0.15) is 4.21 Å². The Morgan fingerprint density at radius 3 is 2.57 bits per heavy atom. The third kappa shape index (κ3) is 3.99. The lowest BCUT2D eigenvalue weighted by Gasteiger charge is -2.05. The van der Waals surface area contributed by atoms with Crippen LogP contribution in [0.3, 0.4) is 0 Å². The van der Waals surface area contributed by atoms with Gasteiger partial charge in [0.25, 0.3) is 15.7 Å². The van der Waals surface area contributed by atoms with E-state index in [9.17, 15) is 18.5 Å². The molecule has 2 rings (SSSR count). The van der Waals surface area contributed by atoms with Crippen LogP contribution in [0.1, 0.15) is 5.56 Å². The van der Waals surface area contributed by atoms with Gasteiger partial charge < -0.3 is 0 Å². The Bertz CT molecular complexity index is 745. The number of halogens is 1. The molecule has 0 spiro atoms. The number of benzene rings is 1. The van der Waals surface area contributed by atoms with Gasteiger partial charge in [-0.25, -0.2) is 8.42 Å². The molecule has 0 bridgehead atoms. The first-order valence-electron chi connectivity index (χ1n) is 5.51. The quantitative estimate of drug-likeness (QED) is 0.639. The molecule has 1 aromatic heterocycles. The fraction of sp³-hybridized carbons (Fsp3) is 0.0909. The number of nitro groups is 1. The van der Waals surface area contributed by atoms with Crippen LogP contribution in [0, 0.1) is 10.1 Å². The first-order chi connectivity index (χ1) is 9.90. The molecule has 0 atom stereocenters. The molecule has 2 aromatic rings. The zero-order valence-corrected chi connectivity index (χ0v) is 12.7. The van der Waals surface area contributed by atoms with Gasteiger partial charge >= 0.3 is 0 Å². The lowest BCUT2D eigenvalue weighted by Crippen LogP contribution is -2.23. The van der Waals surface area contributed by atoms with Crippen molar-refractivity contribution in [3.8, 4) is 0 Å². The van der Waals surface area contributed by atoms with Crippen LogP contribution >= 0.6 is 22.9 Å². The second-order valence-electron chi connectivity index (χ2n) is 3.84. The van der Waals surface area contributed by atoms with E-state index in [1.54, 1.807) is 24.3 Å². The number of rotatable bonds is 6. The summed E-state index contributed by atoms with van der Waals surface area (Å²) in [5.74, 6) is 0. The van der Waals surface area contributed by atoms with Crippen LogP contribution < -0.4 is 4.89 Å². The largest absolute Gasteiger partial charge is 0.300 e. The van der Waals surface area contributed by atoms with E-state index in [4.69, 9.17) is 16.4 Å². The predicted molar refractivity (Wildman–Crippen MR) is 77.5 cm³/mol. The Kier molecular flexibility index (Phi) is 4.91. The molecule has 1 N–H and O–H groups in total. The monoisotopic (exact) mass is 348 g/mol. The van der Waals surface area contributed by atoms with Crippen molar-refractivity contribution in [3.63, 3.8) is 0 Å². The van der Waals surface area contributed by atoms with Crippen LogP contribution in [0.15, 0.2) is 40.6 Å². The number of nitrogens with zero attached hydrogens (tertiary/aromatic N) is 1. The maximum absolute atomic E-state index is 11.9. The van der Waals surface area contributed by atoms with E-state index in [1.165, 1.54) is 0 Å². The van der Waals surface area contributed by atoms with Crippen LogP contribution in [-0.4, -0.2) is 13.3 Å². The predicted octanol–water partition coefficient (Wildman–Crippen LogP) is 2.72. The summed E-state index contributed by atoms with van der Waals surface area (Å²) in [6.07, 6.45) is 0. The molecule has 7 nitrogen and oxygen atoms in total. The minimum absolute atomic E-state index is 0.0290.